The first-order chi connectivity index (χ1) is 12.9. The Hall–Kier alpha value is -2.34. The molecule has 1 heterocycles. The number of hydrogen-bond acceptors (Lipinski definition) is 3. The number of nitrogens with zero attached hydrogens (tertiary/aromatic N) is 1. The van der Waals surface area contributed by atoms with Gasteiger partial charge in [-0.3, -0.25) is 9.59 Å². The minimum absolute atomic E-state index is 0.0193. The Bertz CT molecular complexity index is 837. The molecule has 142 valence electrons. The molecule has 0 aliphatic carbocycles. The monoisotopic (exact) mass is 386 g/mol. The number of rotatable bonds is 6. The zero-order valence-electron chi connectivity index (χ0n) is 15.5. The van der Waals surface area contributed by atoms with Gasteiger partial charge in [0.25, 0.3) is 5.91 Å². The number of amides is 2. The molecule has 0 saturated carbocycles. The molecular formula is C21H23FN2O2S. The highest BCUT2D eigenvalue weighted by atomic mass is 32.2. The maximum absolute atomic E-state index is 13.1. The summed E-state index contributed by atoms with van der Waals surface area (Å²) in [6, 6.07) is 11.6. The van der Waals surface area contributed by atoms with Gasteiger partial charge in [-0.05, 0) is 48.2 Å². The second kappa shape index (κ2) is 8.57. The van der Waals surface area contributed by atoms with E-state index in [-0.39, 0.29) is 17.6 Å². The van der Waals surface area contributed by atoms with Crippen molar-refractivity contribution >= 4 is 29.3 Å². The number of anilines is 1. The third kappa shape index (κ3) is 4.89. The molecule has 2 aromatic carbocycles. The molecule has 1 aliphatic heterocycles. The van der Waals surface area contributed by atoms with Crippen molar-refractivity contribution in [3.63, 3.8) is 0 Å². The smallest absolute Gasteiger partial charge is 0.251 e. The molecule has 0 saturated heterocycles. The Labute approximate surface area is 163 Å². The lowest BCUT2D eigenvalue weighted by Gasteiger charge is -2.29. The van der Waals surface area contributed by atoms with Gasteiger partial charge >= 0.3 is 0 Å². The van der Waals surface area contributed by atoms with Gasteiger partial charge in [0.2, 0.25) is 5.91 Å². The van der Waals surface area contributed by atoms with Gasteiger partial charge in [0.1, 0.15) is 5.82 Å². The van der Waals surface area contributed by atoms with Crippen molar-refractivity contribution in [3.05, 3.63) is 59.4 Å². The van der Waals surface area contributed by atoms with Crippen molar-refractivity contribution in [1.82, 2.24) is 5.32 Å². The molecule has 4 nitrogen and oxygen atoms in total. The molecule has 0 unspecified atom stereocenters. The lowest BCUT2D eigenvalue weighted by molar-refractivity contribution is -0.116. The number of benzene rings is 2. The second-order valence-electron chi connectivity index (χ2n) is 7.02. The highest BCUT2D eigenvalue weighted by molar-refractivity contribution is 8.00. The van der Waals surface area contributed by atoms with Crippen LogP contribution >= 0.6 is 11.8 Å². The fourth-order valence-electron chi connectivity index (χ4n) is 2.87. The summed E-state index contributed by atoms with van der Waals surface area (Å²) in [6.45, 7) is 5.20. The SMILES string of the molecule is CC(C)CCNC(=O)c1ccc2c(c1)N(Cc1ccc(F)cc1)C(=O)CS2. The summed E-state index contributed by atoms with van der Waals surface area (Å²) in [5, 5.41) is 2.93. The van der Waals surface area contributed by atoms with Crippen molar-refractivity contribution in [2.45, 2.75) is 31.7 Å². The molecule has 0 aromatic heterocycles. The zero-order valence-corrected chi connectivity index (χ0v) is 16.3. The van der Waals surface area contributed by atoms with Crippen LogP contribution in [-0.2, 0) is 11.3 Å². The lowest BCUT2D eigenvalue weighted by atomic mass is 10.1. The van der Waals surface area contributed by atoms with Crippen LogP contribution in [-0.4, -0.2) is 24.1 Å². The van der Waals surface area contributed by atoms with E-state index in [9.17, 15) is 14.0 Å². The standard InChI is InChI=1S/C21H23FN2O2S/c1-14(2)9-10-23-21(26)16-5-8-19-18(11-16)24(20(25)13-27-19)12-15-3-6-17(22)7-4-15/h3-8,11,14H,9-10,12-13H2,1-2H3,(H,23,26). The molecule has 27 heavy (non-hydrogen) atoms. The van der Waals surface area contributed by atoms with E-state index < -0.39 is 0 Å². The molecule has 0 radical (unpaired) electrons. The normalized spacial score (nSPS) is 13.6. The maximum Gasteiger partial charge on any atom is 0.251 e. The van der Waals surface area contributed by atoms with Gasteiger partial charge in [0.15, 0.2) is 0 Å². The highest BCUT2D eigenvalue weighted by Gasteiger charge is 2.26. The Morgan fingerprint density at radius 3 is 2.67 bits per heavy atom. The molecule has 0 bridgehead atoms. The Morgan fingerprint density at radius 2 is 1.96 bits per heavy atom. The molecule has 0 spiro atoms. The quantitative estimate of drug-likeness (QED) is 0.808. The highest BCUT2D eigenvalue weighted by Crippen LogP contribution is 2.36. The van der Waals surface area contributed by atoms with Crippen LogP contribution in [0.25, 0.3) is 0 Å². The minimum Gasteiger partial charge on any atom is -0.352 e. The topological polar surface area (TPSA) is 49.4 Å². The Balaban J connectivity index is 1.81. The van der Waals surface area contributed by atoms with Crippen LogP contribution in [0.1, 0.15) is 36.2 Å². The van der Waals surface area contributed by atoms with Gasteiger partial charge < -0.3 is 10.2 Å². The second-order valence-corrected chi connectivity index (χ2v) is 8.03. The molecule has 2 aromatic rings. The minimum atomic E-state index is -0.306. The van der Waals surface area contributed by atoms with E-state index in [1.54, 1.807) is 29.2 Å². The molecule has 0 atom stereocenters. The van der Waals surface area contributed by atoms with E-state index in [1.807, 2.05) is 6.07 Å². The summed E-state index contributed by atoms with van der Waals surface area (Å²) in [5.41, 5.74) is 2.11. The van der Waals surface area contributed by atoms with Gasteiger partial charge in [-0.25, -0.2) is 4.39 Å². The van der Waals surface area contributed by atoms with Crippen molar-refractivity contribution in [1.29, 1.82) is 0 Å². The zero-order chi connectivity index (χ0) is 19.4. The molecule has 1 N–H and O–H groups in total. The average molecular weight is 386 g/mol. The summed E-state index contributed by atoms with van der Waals surface area (Å²) < 4.78 is 13.1. The van der Waals surface area contributed by atoms with Gasteiger partial charge in [0.05, 0.1) is 18.0 Å². The molecular weight excluding hydrogens is 363 g/mol. The number of thioether (sulfide) groups is 1. The summed E-state index contributed by atoms with van der Waals surface area (Å²) in [7, 11) is 0. The van der Waals surface area contributed by atoms with Crippen LogP contribution in [0.4, 0.5) is 10.1 Å². The van der Waals surface area contributed by atoms with Crippen LogP contribution in [0.5, 0.6) is 0 Å². The Morgan fingerprint density at radius 1 is 1.22 bits per heavy atom. The van der Waals surface area contributed by atoms with E-state index in [2.05, 4.69) is 19.2 Å². The summed E-state index contributed by atoms with van der Waals surface area (Å²) >= 11 is 1.47. The summed E-state index contributed by atoms with van der Waals surface area (Å²) in [6.07, 6.45) is 0.918. The predicted octanol–water partition coefficient (Wildman–Crippen LogP) is 4.24. The molecule has 0 fully saturated rings. The average Bonchev–Trinajstić information content (AvgIpc) is 2.65. The van der Waals surface area contributed by atoms with E-state index in [0.29, 0.717) is 30.3 Å². The van der Waals surface area contributed by atoms with Crippen LogP contribution in [0.15, 0.2) is 47.4 Å². The van der Waals surface area contributed by atoms with Crippen molar-refractivity contribution in [2.24, 2.45) is 5.92 Å². The van der Waals surface area contributed by atoms with Gasteiger partial charge in [-0.1, -0.05) is 26.0 Å². The van der Waals surface area contributed by atoms with Crippen molar-refractivity contribution in [2.75, 3.05) is 17.2 Å². The molecule has 6 heteroatoms. The van der Waals surface area contributed by atoms with Crippen LogP contribution < -0.4 is 10.2 Å². The fourth-order valence-corrected chi connectivity index (χ4v) is 3.78. The lowest BCUT2D eigenvalue weighted by Crippen LogP contribution is -2.35. The van der Waals surface area contributed by atoms with Gasteiger partial charge in [0, 0.05) is 17.0 Å². The third-order valence-electron chi connectivity index (χ3n) is 4.43. The first-order valence-corrected chi connectivity index (χ1v) is 10.0. The van der Waals surface area contributed by atoms with E-state index in [4.69, 9.17) is 0 Å². The predicted molar refractivity (Wildman–Crippen MR) is 107 cm³/mol. The van der Waals surface area contributed by atoms with E-state index in [1.165, 1.54) is 23.9 Å². The summed E-state index contributed by atoms with van der Waals surface area (Å²) in [4.78, 5) is 27.6. The van der Waals surface area contributed by atoms with Crippen LogP contribution in [0.2, 0.25) is 0 Å². The number of nitrogens with one attached hydrogen (secondary N) is 1. The fraction of sp³-hybridized carbons (Fsp3) is 0.333. The summed E-state index contributed by atoms with van der Waals surface area (Å²) in [5.74, 6) is 0.417. The van der Waals surface area contributed by atoms with Gasteiger partial charge in [-0.2, -0.15) is 0 Å². The number of halogens is 1. The van der Waals surface area contributed by atoms with E-state index in [0.717, 1.165) is 22.6 Å². The van der Waals surface area contributed by atoms with Crippen molar-refractivity contribution in [3.8, 4) is 0 Å². The Kier molecular flexibility index (Phi) is 6.16. The third-order valence-corrected chi connectivity index (χ3v) is 5.47. The number of carbonyl (C=O) groups excluding carboxylic acids is 2. The first-order valence-electron chi connectivity index (χ1n) is 9.04. The molecule has 2 amide bonds. The molecule has 1 aliphatic rings. The maximum atomic E-state index is 13.1. The van der Waals surface area contributed by atoms with Crippen molar-refractivity contribution < 1.29 is 14.0 Å². The first kappa shape index (κ1) is 19.4. The molecule has 3 rings (SSSR count). The number of fused-ring (bicyclic) bond motifs is 1. The number of carbonyl (C=O) groups is 2. The van der Waals surface area contributed by atoms with Crippen LogP contribution in [0, 0.1) is 11.7 Å². The van der Waals surface area contributed by atoms with Crippen LogP contribution in [0.3, 0.4) is 0 Å². The largest absolute Gasteiger partial charge is 0.352 e. The van der Waals surface area contributed by atoms with Gasteiger partial charge in [-0.15, -0.1) is 11.8 Å². The van der Waals surface area contributed by atoms with E-state index >= 15 is 0 Å². The number of hydrogen-bond donors (Lipinski definition) is 1.